The molecule has 0 bridgehead atoms. The average Bonchev–Trinajstić information content (AvgIpc) is 2.55. The Bertz CT molecular complexity index is 749. The Hall–Kier alpha value is -2.55. The maximum absolute atomic E-state index is 12.2. The Morgan fingerprint density at radius 1 is 1.05 bits per heavy atom. The Morgan fingerprint density at radius 3 is 2.77 bits per heavy atom. The summed E-state index contributed by atoms with van der Waals surface area (Å²) >= 11 is 0. The smallest absolute Gasteiger partial charge is 0.160 e. The molecule has 3 heteroatoms. The fourth-order valence-corrected chi connectivity index (χ4v) is 3.16. The van der Waals surface area contributed by atoms with Crippen LogP contribution >= 0.6 is 0 Å². The van der Waals surface area contributed by atoms with Gasteiger partial charge < -0.3 is 10.1 Å². The Balaban J connectivity index is 1.74. The SMILES string of the molecule is O=C1CCCC2Nc3cccc(Oc4ccccc4)c3C=C12. The normalized spacial score (nSPS) is 19.5. The van der Waals surface area contributed by atoms with Gasteiger partial charge in [-0.3, -0.25) is 4.79 Å². The third-order valence-corrected chi connectivity index (χ3v) is 4.26. The van der Waals surface area contributed by atoms with Crippen molar-refractivity contribution in [1.82, 2.24) is 0 Å². The third-order valence-electron chi connectivity index (χ3n) is 4.26. The molecule has 2 aliphatic rings. The van der Waals surface area contributed by atoms with Crippen LogP contribution < -0.4 is 10.1 Å². The number of hydrogen-bond acceptors (Lipinski definition) is 3. The van der Waals surface area contributed by atoms with Gasteiger partial charge in [0.15, 0.2) is 5.78 Å². The first-order chi connectivity index (χ1) is 10.8. The zero-order chi connectivity index (χ0) is 14.9. The zero-order valence-corrected chi connectivity index (χ0v) is 12.2. The van der Waals surface area contributed by atoms with E-state index in [1.165, 1.54) is 0 Å². The molecule has 1 N–H and O–H groups in total. The molecule has 1 aliphatic heterocycles. The highest BCUT2D eigenvalue weighted by atomic mass is 16.5. The quantitative estimate of drug-likeness (QED) is 0.890. The summed E-state index contributed by atoms with van der Waals surface area (Å²) in [5, 5.41) is 3.49. The zero-order valence-electron chi connectivity index (χ0n) is 12.2. The molecule has 1 aliphatic carbocycles. The molecular formula is C19H17NO2. The fraction of sp³-hybridized carbons (Fsp3) is 0.211. The number of ether oxygens (including phenoxy) is 1. The van der Waals surface area contributed by atoms with Gasteiger partial charge in [0.25, 0.3) is 0 Å². The fourth-order valence-electron chi connectivity index (χ4n) is 3.16. The molecule has 1 heterocycles. The number of Topliss-reactive ketones (excluding diaryl/α,β-unsaturated/α-hetero) is 1. The predicted octanol–water partition coefficient (Wildman–Crippen LogP) is 4.41. The van der Waals surface area contributed by atoms with Crippen molar-refractivity contribution >= 4 is 17.5 Å². The molecule has 3 nitrogen and oxygen atoms in total. The number of carbonyl (C=O) groups is 1. The van der Waals surface area contributed by atoms with Gasteiger partial charge in [0.2, 0.25) is 0 Å². The lowest BCUT2D eigenvalue weighted by Crippen LogP contribution is -2.32. The second kappa shape index (κ2) is 5.34. The molecule has 0 spiro atoms. The molecule has 0 amide bonds. The van der Waals surface area contributed by atoms with Gasteiger partial charge in [-0.1, -0.05) is 24.3 Å². The maximum Gasteiger partial charge on any atom is 0.160 e. The lowest BCUT2D eigenvalue weighted by atomic mass is 9.84. The van der Waals surface area contributed by atoms with Gasteiger partial charge in [-0.15, -0.1) is 0 Å². The number of nitrogens with one attached hydrogen (secondary N) is 1. The van der Waals surface area contributed by atoms with Gasteiger partial charge in [0.05, 0.1) is 6.04 Å². The number of fused-ring (bicyclic) bond motifs is 2. The van der Waals surface area contributed by atoms with Gasteiger partial charge >= 0.3 is 0 Å². The highest BCUT2D eigenvalue weighted by Gasteiger charge is 2.30. The summed E-state index contributed by atoms with van der Waals surface area (Å²) in [4.78, 5) is 12.2. The number of carbonyl (C=O) groups excluding carboxylic acids is 1. The van der Waals surface area contributed by atoms with Gasteiger partial charge in [-0.2, -0.15) is 0 Å². The van der Waals surface area contributed by atoms with Crippen LogP contribution in [0.2, 0.25) is 0 Å². The largest absolute Gasteiger partial charge is 0.457 e. The number of ketones is 1. The lowest BCUT2D eigenvalue weighted by Gasteiger charge is -2.31. The van der Waals surface area contributed by atoms with Crippen molar-refractivity contribution in [3.05, 3.63) is 59.7 Å². The minimum absolute atomic E-state index is 0.153. The van der Waals surface area contributed by atoms with Crippen molar-refractivity contribution in [2.75, 3.05) is 5.32 Å². The van der Waals surface area contributed by atoms with Gasteiger partial charge in [0.1, 0.15) is 11.5 Å². The molecule has 1 unspecified atom stereocenters. The van der Waals surface area contributed by atoms with E-state index in [9.17, 15) is 4.79 Å². The number of benzene rings is 2. The lowest BCUT2D eigenvalue weighted by molar-refractivity contribution is -0.116. The van der Waals surface area contributed by atoms with Crippen molar-refractivity contribution in [3.8, 4) is 11.5 Å². The highest BCUT2D eigenvalue weighted by Crippen LogP contribution is 2.39. The van der Waals surface area contributed by atoms with Crippen LogP contribution in [0.3, 0.4) is 0 Å². The molecule has 0 aromatic heterocycles. The number of anilines is 1. The highest BCUT2D eigenvalue weighted by molar-refractivity contribution is 6.04. The van der Waals surface area contributed by atoms with Crippen LogP contribution in [0.4, 0.5) is 5.69 Å². The van der Waals surface area contributed by atoms with Crippen LogP contribution in [0.5, 0.6) is 11.5 Å². The van der Waals surface area contributed by atoms with E-state index in [2.05, 4.69) is 5.32 Å². The van der Waals surface area contributed by atoms with Crippen molar-refractivity contribution in [2.24, 2.45) is 0 Å². The summed E-state index contributed by atoms with van der Waals surface area (Å²) in [6, 6.07) is 15.8. The van der Waals surface area contributed by atoms with Crippen LogP contribution in [-0.4, -0.2) is 11.8 Å². The number of rotatable bonds is 2. The molecule has 1 atom stereocenters. The first-order valence-electron chi connectivity index (χ1n) is 7.68. The van der Waals surface area contributed by atoms with Crippen molar-refractivity contribution in [3.63, 3.8) is 0 Å². The molecule has 22 heavy (non-hydrogen) atoms. The van der Waals surface area contributed by atoms with Gasteiger partial charge in [-0.05, 0) is 43.2 Å². The molecule has 2 aromatic carbocycles. The van der Waals surface area contributed by atoms with Crippen molar-refractivity contribution < 1.29 is 9.53 Å². The predicted molar refractivity (Wildman–Crippen MR) is 87.2 cm³/mol. The summed E-state index contributed by atoms with van der Waals surface area (Å²) in [7, 11) is 0. The molecule has 1 saturated carbocycles. The molecule has 4 rings (SSSR count). The molecule has 110 valence electrons. The van der Waals surface area contributed by atoms with Crippen LogP contribution in [0.1, 0.15) is 24.8 Å². The minimum Gasteiger partial charge on any atom is -0.457 e. The molecule has 0 saturated heterocycles. The van der Waals surface area contributed by atoms with E-state index in [-0.39, 0.29) is 11.8 Å². The monoisotopic (exact) mass is 291 g/mol. The van der Waals surface area contributed by atoms with E-state index in [1.54, 1.807) is 0 Å². The first kappa shape index (κ1) is 13.1. The van der Waals surface area contributed by atoms with Gasteiger partial charge in [-0.25, -0.2) is 0 Å². The summed E-state index contributed by atoms with van der Waals surface area (Å²) in [5.41, 5.74) is 2.90. The second-order valence-corrected chi connectivity index (χ2v) is 5.74. The van der Waals surface area contributed by atoms with Crippen LogP contribution in [-0.2, 0) is 4.79 Å². The summed E-state index contributed by atoms with van der Waals surface area (Å²) in [6.45, 7) is 0. The van der Waals surface area contributed by atoms with Crippen LogP contribution in [0.15, 0.2) is 54.1 Å². The second-order valence-electron chi connectivity index (χ2n) is 5.74. The molecular weight excluding hydrogens is 274 g/mol. The number of hydrogen-bond donors (Lipinski definition) is 1. The van der Waals surface area contributed by atoms with E-state index in [0.29, 0.717) is 6.42 Å². The van der Waals surface area contributed by atoms with Crippen molar-refractivity contribution in [1.29, 1.82) is 0 Å². The molecule has 2 aromatic rings. The van der Waals surface area contributed by atoms with E-state index >= 15 is 0 Å². The first-order valence-corrected chi connectivity index (χ1v) is 7.68. The average molecular weight is 291 g/mol. The van der Waals surface area contributed by atoms with Crippen molar-refractivity contribution in [2.45, 2.75) is 25.3 Å². The third kappa shape index (κ3) is 2.29. The Labute approximate surface area is 129 Å². The summed E-state index contributed by atoms with van der Waals surface area (Å²) in [6.07, 6.45) is 4.64. The van der Waals surface area contributed by atoms with Gasteiger partial charge in [0, 0.05) is 23.2 Å². The standard InChI is InChI=1S/C19H17NO2/c21-18-10-4-8-16-14(18)12-15-17(20-16)9-5-11-19(15)22-13-6-2-1-3-7-13/h1-3,5-7,9,11-12,16,20H,4,8,10H2. The van der Waals surface area contributed by atoms with E-state index in [4.69, 9.17) is 4.74 Å². The van der Waals surface area contributed by atoms with Crippen LogP contribution in [0.25, 0.3) is 6.08 Å². The van der Waals surface area contributed by atoms with Crippen LogP contribution in [0, 0.1) is 0 Å². The topological polar surface area (TPSA) is 38.3 Å². The Morgan fingerprint density at radius 2 is 1.91 bits per heavy atom. The van der Waals surface area contributed by atoms with E-state index in [0.717, 1.165) is 41.2 Å². The molecule has 1 fully saturated rings. The maximum atomic E-state index is 12.2. The Kier molecular flexibility index (Phi) is 3.19. The summed E-state index contributed by atoms with van der Waals surface area (Å²) < 4.78 is 6.00. The number of para-hydroxylation sites is 1. The van der Waals surface area contributed by atoms with E-state index in [1.807, 2.05) is 54.6 Å². The molecule has 0 radical (unpaired) electrons. The summed E-state index contributed by atoms with van der Waals surface area (Å²) in [5.74, 6) is 1.83. The van der Waals surface area contributed by atoms with E-state index < -0.39 is 0 Å². The minimum atomic E-state index is 0.153.